The number of carbonyl (C=O) groups excluding carboxylic acids is 1. The van der Waals surface area contributed by atoms with Crippen molar-refractivity contribution in [1.29, 1.82) is 0 Å². The van der Waals surface area contributed by atoms with Crippen LogP contribution in [-0.4, -0.2) is 21.0 Å². The fraction of sp³-hybridized carbons (Fsp3) is 0.182. The van der Waals surface area contributed by atoms with Gasteiger partial charge in [-0.2, -0.15) is 0 Å². The van der Waals surface area contributed by atoms with Gasteiger partial charge in [-0.15, -0.1) is 10.2 Å². The van der Waals surface area contributed by atoms with Gasteiger partial charge in [-0.3, -0.25) is 24.6 Å². The maximum Gasteiger partial charge on any atom is 0.297 e. The van der Waals surface area contributed by atoms with Gasteiger partial charge in [0.25, 0.3) is 11.6 Å². The van der Waals surface area contributed by atoms with Crippen molar-refractivity contribution in [2.24, 2.45) is 0 Å². The Morgan fingerprint density at radius 1 is 1.16 bits per heavy atom. The van der Waals surface area contributed by atoms with Gasteiger partial charge in [-0.1, -0.05) is 29.9 Å². The van der Waals surface area contributed by atoms with Gasteiger partial charge in [-0.25, -0.2) is 0 Å². The average molecular weight is 448 g/mol. The van der Waals surface area contributed by atoms with Gasteiger partial charge in [0.1, 0.15) is 10.6 Å². The molecule has 1 unspecified atom stereocenters. The number of carbonyl (C=O) groups is 1. The van der Waals surface area contributed by atoms with Crippen molar-refractivity contribution >= 4 is 39.0 Å². The van der Waals surface area contributed by atoms with E-state index in [1.54, 1.807) is 30.3 Å². The lowest BCUT2D eigenvalue weighted by Gasteiger charge is -2.21. The Balaban J connectivity index is 1.77. The summed E-state index contributed by atoms with van der Waals surface area (Å²) in [6, 6.07) is 10.1. The summed E-state index contributed by atoms with van der Waals surface area (Å²) >= 11 is 1.25. The Bertz CT molecular complexity index is 1460. The van der Waals surface area contributed by atoms with E-state index in [4.69, 9.17) is 4.42 Å². The molecule has 0 aliphatic carbocycles. The van der Waals surface area contributed by atoms with Crippen molar-refractivity contribution in [3.05, 3.63) is 90.3 Å². The highest BCUT2D eigenvalue weighted by molar-refractivity contribution is 7.15. The van der Waals surface area contributed by atoms with Crippen LogP contribution in [0.25, 0.3) is 11.0 Å². The molecule has 2 aromatic heterocycles. The first-order valence-corrected chi connectivity index (χ1v) is 10.7. The number of aryl methyl sites for hydroxylation is 2. The molecule has 0 saturated heterocycles. The van der Waals surface area contributed by atoms with Gasteiger partial charge in [0.05, 0.1) is 21.9 Å². The summed E-state index contributed by atoms with van der Waals surface area (Å²) in [4.78, 5) is 39.0. The van der Waals surface area contributed by atoms with E-state index in [1.165, 1.54) is 28.4 Å². The number of nitro benzene ring substituents is 1. The minimum absolute atomic E-state index is 0.0528. The standard InChI is InChI=1S/C22H16N4O5S/c1-3-16-23-24-22(32-16)25-18(12-5-7-13(8-6-12)26(29)30)17-19(27)14-10-11(2)4-9-15(14)31-20(17)21(25)28/h4-10,18H,3H2,1-2H3. The number of nitrogens with zero attached hydrogens (tertiary/aromatic N) is 4. The molecule has 10 heteroatoms. The zero-order valence-electron chi connectivity index (χ0n) is 17.1. The van der Waals surface area contributed by atoms with Gasteiger partial charge in [0.2, 0.25) is 10.9 Å². The number of hydrogen-bond acceptors (Lipinski definition) is 8. The summed E-state index contributed by atoms with van der Waals surface area (Å²) < 4.78 is 5.91. The summed E-state index contributed by atoms with van der Waals surface area (Å²) in [5.74, 6) is -0.551. The number of aromatic nitrogens is 2. The number of nitro groups is 1. The third-order valence-electron chi connectivity index (χ3n) is 5.41. The summed E-state index contributed by atoms with van der Waals surface area (Å²) in [5.41, 5.74) is 1.53. The van der Waals surface area contributed by atoms with Crippen LogP contribution in [0.3, 0.4) is 0 Å². The second kappa shape index (κ2) is 7.34. The van der Waals surface area contributed by atoms with Crippen LogP contribution in [0.4, 0.5) is 10.8 Å². The van der Waals surface area contributed by atoms with Crippen LogP contribution in [0.5, 0.6) is 0 Å². The third-order valence-corrected chi connectivity index (χ3v) is 6.48. The quantitative estimate of drug-likeness (QED) is 0.339. The van der Waals surface area contributed by atoms with Crippen LogP contribution in [0.2, 0.25) is 0 Å². The summed E-state index contributed by atoms with van der Waals surface area (Å²) in [6.45, 7) is 3.80. The zero-order chi connectivity index (χ0) is 22.6. The van der Waals surface area contributed by atoms with E-state index in [0.29, 0.717) is 28.1 Å². The van der Waals surface area contributed by atoms with Gasteiger partial charge < -0.3 is 4.42 Å². The molecule has 0 saturated carbocycles. The van der Waals surface area contributed by atoms with Crippen LogP contribution >= 0.6 is 11.3 Å². The Kier molecular flexibility index (Phi) is 4.59. The fourth-order valence-corrected chi connectivity index (χ4v) is 4.67. The summed E-state index contributed by atoms with van der Waals surface area (Å²) in [5, 5.41) is 20.8. The molecule has 1 aliphatic heterocycles. The largest absolute Gasteiger partial charge is 0.450 e. The lowest BCUT2D eigenvalue weighted by molar-refractivity contribution is -0.384. The van der Waals surface area contributed by atoms with Gasteiger partial charge >= 0.3 is 0 Å². The first kappa shape index (κ1) is 20.0. The normalized spacial score (nSPS) is 15.4. The van der Waals surface area contributed by atoms with E-state index in [-0.39, 0.29) is 22.4 Å². The topological polar surface area (TPSA) is 119 Å². The molecule has 5 rings (SSSR count). The SMILES string of the molecule is CCc1nnc(N2C(=O)c3oc4ccc(C)cc4c(=O)c3C2c2ccc([N+](=O)[O-])cc2)s1. The Labute approximate surface area is 185 Å². The molecule has 1 aliphatic rings. The molecule has 9 nitrogen and oxygen atoms in total. The number of fused-ring (bicyclic) bond motifs is 2. The van der Waals surface area contributed by atoms with Crippen LogP contribution < -0.4 is 10.3 Å². The number of rotatable bonds is 4. The van der Waals surface area contributed by atoms with Crippen LogP contribution in [-0.2, 0) is 6.42 Å². The Morgan fingerprint density at radius 2 is 1.91 bits per heavy atom. The molecule has 4 aromatic rings. The molecule has 32 heavy (non-hydrogen) atoms. The molecule has 0 fully saturated rings. The highest BCUT2D eigenvalue weighted by Gasteiger charge is 2.45. The molecule has 0 spiro atoms. The smallest absolute Gasteiger partial charge is 0.297 e. The van der Waals surface area contributed by atoms with Crippen molar-refractivity contribution in [3.8, 4) is 0 Å². The third kappa shape index (κ3) is 2.99. The van der Waals surface area contributed by atoms with E-state index in [0.717, 1.165) is 10.6 Å². The second-order valence-corrected chi connectivity index (χ2v) is 8.47. The molecule has 0 N–H and O–H groups in total. The zero-order valence-corrected chi connectivity index (χ0v) is 17.9. The molecule has 2 aromatic carbocycles. The second-order valence-electron chi connectivity index (χ2n) is 7.43. The van der Waals surface area contributed by atoms with E-state index >= 15 is 0 Å². The van der Waals surface area contributed by atoms with E-state index in [1.807, 2.05) is 13.8 Å². The monoisotopic (exact) mass is 448 g/mol. The van der Waals surface area contributed by atoms with Crippen molar-refractivity contribution in [2.75, 3.05) is 4.90 Å². The fourth-order valence-electron chi connectivity index (χ4n) is 3.86. The molecular weight excluding hydrogens is 432 g/mol. The number of anilines is 1. The predicted octanol–water partition coefficient (Wildman–Crippen LogP) is 4.17. The highest BCUT2D eigenvalue weighted by atomic mass is 32.1. The van der Waals surface area contributed by atoms with Gasteiger partial charge in [0, 0.05) is 12.1 Å². The molecule has 3 heterocycles. The number of benzene rings is 2. The molecule has 1 atom stereocenters. The van der Waals surface area contributed by atoms with Crippen molar-refractivity contribution in [1.82, 2.24) is 10.2 Å². The van der Waals surface area contributed by atoms with Crippen LogP contribution in [0, 0.1) is 17.0 Å². The molecular formula is C22H16N4O5S. The van der Waals surface area contributed by atoms with Crippen molar-refractivity contribution in [3.63, 3.8) is 0 Å². The molecule has 160 valence electrons. The van der Waals surface area contributed by atoms with E-state index < -0.39 is 16.9 Å². The minimum atomic E-state index is -0.836. The number of amides is 1. The number of hydrogen-bond donors (Lipinski definition) is 0. The minimum Gasteiger partial charge on any atom is -0.450 e. The average Bonchev–Trinajstić information content (AvgIpc) is 3.37. The van der Waals surface area contributed by atoms with Crippen LogP contribution in [0.15, 0.2) is 51.7 Å². The van der Waals surface area contributed by atoms with Crippen molar-refractivity contribution in [2.45, 2.75) is 26.3 Å². The van der Waals surface area contributed by atoms with Gasteiger partial charge in [0.15, 0.2) is 5.43 Å². The van der Waals surface area contributed by atoms with Gasteiger partial charge in [-0.05, 0) is 43.2 Å². The summed E-state index contributed by atoms with van der Waals surface area (Å²) in [7, 11) is 0. The maximum atomic E-state index is 13.5. The molecule has 1 amide bonds. The lowest BCUT2D eigenvalue weighted by atomic mass is 9.98. The summed E-state index contributed by atoms with van der Waals surface area (Å²) in [6.07, 6.45) is 0.648. The number of non-ortho nitro benzene ring substituents is 1. The van der Waals surface area contributed by atoms with Crippen molar-refractivity contribution < 1.29 is 14.1 Å². The first-order chi connectivity index (χ1) is 15.4. The lowest BCUT2D eigenvalue weighted by Crippen LogP contribution is -2.29. The maximum absolute atomic E-state index is 13.5. The van der Waals surface area contributed by atoms with Crippen LogP contribution in [0.1, 0.15) is 45.2 Å². The predicted molar refractivity (Wildman–Crippen MR) is 118 cm³/mol. The Morgan fingerprint density at radius 3 is 2.56 bits per heavy atom. The molecule has 0 bridgehead atoms. The first-order valence-electron chi connectivity index (χ1n) is 9.86. The molecule has 0 radical (unpaired) electrons. The van der Waals surface area contributed by atoms with E-state index in [2.05, 4.69) is 10.2 Å². The highest BCUT2D eigenvalue weighted by Crippen LogP contribution is 2.42. The van der Waals surface area contributed by atoms with E-state index in [9.17, 15) is 19.7 Å². The Hall–Kier alpha value is -3.92.